The molecule has 1 atom stereocenters. The van der Waals surface area contributed by atoms with Gasteiger partial charge in [0.25, 0.3) is 0 Å². The fraction of sp³-hybridized carbons (Fsp3) is 0.529. The van der Waals surface area contributed by atoms with Gasteiger partial charge in [0.15, 0.2) is 0 Å². The standard InChI is InChI=1S/C17H24N2O/c1-3-16-15(14-8-4-5-9-17(14)20-16)12-19-10-6-7-13(11-19)18-2/h4-5,8-9,13,18H,3,6-7,10-12H2,1-2H3. The summed E-state index contributed by atoms with van der Waals surface area (Å²) in [7, 11) is 2.07. The number of hydrogen-bond donors (Lipinski definition) is 1. The summed E-state index contributed by atoms with van der Waals surface area (Å²) in [5.41, 5.74) is 2.42. The normalized spacial score (nSPS) is 20.6. The van der Waals surface area contributed by atoms with Gasteiger partial charge in [0.1, 0.15) is 11.3 Å². The smallest absolute Gasteiger partial charge is 0.134 e. The molecule has 2 aromatic rings. The molecule has 3 nitrogen and oxygen atoms in total. The average Bonchev–Trinajstić information content (AvgIpc) is 2.85. The van der Waals surface area contributed by atoms with E-state index in [2.05, 4.69) is 42.4 Å². The van der Waals surface area contributed by atoms with Gasteiger partial charge in [0.2, 0.25) is 0 Å². The SMILES string of the molecule is CCc1oc2ccccc2c1CN1CCCC(NC)C1. The molecule has 108 valence electrons. The molecular formula is C17H24N2O. The maximum atomic E-state index is 6.00. The Kier molecular flexibility index (Phi) is 4.08. The molecule has 3 rings (SSSR count). The number of likely N-dealkylation sites (N-methyl/N-ethyl adjacent to an activating group) is 1. The number of rotatable bonds is 4. The first-order chi connectivity index (χ1) is 9.81. The van der Waals surface area contributed by atoms with Crippen LogP contribution in [0.25, 0.3) is 11.0 Å². The molecule has 0 spiro atoms. The van der Waals surface area contributed by atoms with Crippen molar-refractivity contribution in [3.8, 4) is 0 Å². The molecule has 1 aromatic carbocycles. The highest BCUT2D eigenvalue weighted by atomic mass is 16.3. The fourth-order valence-corrected chi connectivity index (χ4v) is 3.27. The molecule has 0 amide bonds. The fourth-order valence-electron chi connectivity index (χ4n) is 3.27. The zero-order valence-corrected chi connectivity index (χ0v) is 12.5. The number of fused-ring (bicyclic) bond motifs is 1. The summed E-state index contributed by atoms with van der Waals surface area (Å²) in [4.78, 5) is 2.56. The molecule has 20 heavy (non-hydrogen) atoms. The second-order valence-corrected chi connectivity index (χ2v) is 5.72. The van der Waals surface area contributed by atoms with Gasteiger partial charge in [-0.2, -0.15) is 0 Å². The lowest BCUT2D eigenvalue weighted by molar-refractivity contribution is 0.187. The van der Waals surface area contributed by atoms with Crippen LogP contribution in [0.4, 0.5) is 0 Å². The van der Waals surface area contributed by atoms with E-state index in [1.165, 1.54) is 30.3 Å². The van der Waals surface area contributed by atoms with Crippen LogP contribution >= 0.6 is 0 Å². The molecule has 0 bridgehead atoms. The van der Waals surface area contributed by atoms with Crippen LogP contribution in [0.15, 0.2) is 28.7 Å². The molecule has 2 heterocycles. The Hall–Kier alpha value is -1.32. The minimum absolute atomic E-state index is 0.631. The number of furan rings is 1. The second kappa shape index (κ2) is 5.98. The summed E-state index contributed by atoms with van der Waals surface area (Å²) in [6.07, 6.45) is 3.54. The molecule has 1 N–H and O–H groups in total. The molecule has 1 fully saturated rings. The van der Waals surface area contributed by atoms with Crippen LogP contribution in [0.2, 0.25) is 0 Å². The number of piperidine rings is 1. The summed E-state index contributed by atoms with van der Waals surface area (Å²) < 4.78 is 6.00. The average molecular weight is 272 g/mol. The minimum Gasteiger partial charge on any atom is -0.461 e. The van der Waals surface area contributed by atoms with Crippen molar-refractivity contribution in [2.24, 2.45) is 0 Å². The lowest BCUT2D eigenvalue weighted by Gasteiger charge is -2.32. The van der Waals surface area contributed by atoms with E-state index >= 15 is 0 Å². The molecule has 1 saturated heterocycles. The Balaban J connectivity index is 1.86. The highest BCUT2D eigenvalue weighted by molar-refractivity contribution is 5.82. The predicted molar refractivity (Wildman–Crippen MR) is 83.0 cm³/mol. The topological polar surface area (TPSA) is 28.4 Å². The van der Waals surface area contributed by atoms with E-state index in [1.54, 1.807) is 0 Å². The van der Waals surface area contributed by atoms with Gasteiger partial charge >= 0.3 is 0 Å². The Morgan fingerprint density at radius 3 is 3.00 bits per heavy atom. The number of benzene rings is 1. The molecule has 0 saturated carbocycles. The Morgan fingerprint density at radius 2 is 2.20 bits per heavy atom. The first kappa shape index (κ1) is 13.7. The third-order valence-electron chi connectivity index (χ3n) is 4.40. The van der Waals surface area contributed by atoms with Gasteiger partial charge in [-0.25, -0.2) is 0 Å². The van der Waals surface area contributed by atoms with E-state index in [0.29, 0.717) is 6.04 Å². The first-order valence-corrected chi connectivity index (χ1v) is 7.70. The molecule has 0 radical (unpaired) electrons. The molecule has 1 aliphatic heterocycles. The van der Waals surface area contributed by atoms with Crippen molar-refractivity contribution >= 4 is 11.0 Å². The van der Waals surface area contributed by atoms with E-state index < -0.39 is 0 Å². The lowest BCUT2D eigenvalue weighted by Crippen LogP contribution is -2.43. The molecule has 3 heteroatoms. The monoisotopic (exact) mass is 272 g/mol. The number of nitrogens with one attached hydrogen (secondary N) is 1. The van der Waals surface area contributed by atoms with Gasteiger partial charge in [0.05, 0.1) is 0 Å². The highest BCUT2D eigenvalue weighted by Crippen LogP contribution is 2.28. The van der Waals surface area contributed by atoms with E-state index in [-0.39, 0.29) is 0 Å². The molecule has 1 unspecified atom stereocenters. The quantitative estimate of drug-likeness (QED) is 0.926. The summed E-state index contributed by atoms with van der Waals surface area (Å²) >= 11 is 0. The number of para-hydroxylation sites is 1. The maximum absolute atomic E-state index is 6.00. The van der Waals surface area contributed by atoms with Crippen molar-refractivity contribution in [2.75, 3.05) is 20.1 Å². The van der Waals surface area contributed by atoms with E-state index in [4.69, 9.17) is 4.42 Å². The Morgan fingerprint density at radius 1 is 1.35 bits per heavy atom. The summed E-state index contributed by atoms with van der Waals surface area (Å²) in [6.45, 7) is 5.52. The van der Waals surface area contributed by atoms with Gasteiger partial charge in [-0.05, 0) is 32.5 Å². The number of aryl methyl sites for hydroxylation is 1. The van der Waals surface area contributed by atoms with Gasteiger partial charge in [0, 0.05) is 36.5 Å². The second-order valence-electron chi connectivity index (χ2n) is 5.72. The van der Waals surface area contributed by atoms with Crippen LogP contribution in [0.3, 0.4) is 0 Å². The Labute approximate surface area is 120 Å². The van der Waals surface area contributed by atoms with E-state index in [1.807, 2.05) is 6.07 Å². The van der Waals surface area contributed by atoms with Gasteiger partial charge in [-0.3, -0.25) is 4.90 Å². The lowest BCUT2D eigenvalue weighted by atomic mass is 10.0. The maximum Gasteiger partial charge on any atom is 0.134 e. The molecule has 1 aliphatic rings. The molecule has 0 aliphatic carbocycles. The van der Waals surface area contributed by atoms with E-state index in [9.17, 15) is 0 Å². The van der Waals surface area contributed by atoms with Gasteiger partial charge in [-0.1, -0.05) is 25.1 Å². The molecular weight excluding hydrogens is 248 g/mol. The number of likely N-dealkylation sites (tertiary alicyclic amines) is 1. The van der Waals surface area contributed by atoms with Crippen LogP contribution in [0.5, 0.6) is 0 Å². The number of hydrogen-bond acceptors (Lipinski definition) is 3. The van der Waals surface area contributed by atoms with Crippen molar-refractivity contribution < 1.29 is 4.42 Å². The number of nitrogens with zero attached hydrogens (tertiary/aromatic N) is 1. The van der Waals surface area contributed by atoms with Crippen LogP contribution in [-0.4, -0.2) is 31.1 Å². The minimum atomic E-state index is 0.631. The first-order valence-electron chi connectivity index (χ1n) is 7.70. The molecule has 1 aromatic heterocycles. The highest BCUT2D eigenvalue weighted by Gasteiger charge is 2.21. The van der Waals surface area contributed by atoms with Crippen molar-refractivity contribution in [3.63, 3.8) is 0 Å². The third kappa shape index (κ3) is 2.60. The van der Waals surface area contributed by atoms with Crippen molar-refractivity contribution in [1.82, 2.24) is 10.2 Å². The van der Waals surface area contributed by atoms with E-state index in [0.717, 1.165) is 30.9 Å². The summed E-state index contributed by atoms with van der Waals surface area (Å²) in [5.74, 6) is 1.15. The Bertz CT molecular complexity index is 575. The zero-order valence-electron chi connectivity index (χ0n) is 12.5. The van der Waals surface area contributed by atoms with Crippen LogP contribution in [-0.2, 0) is 13.0 Å². The van der Waals surface area contributed by atoms with Crippen molar-refractivity contribution in [2.45, 2.75) is 38.8 Å². The largest absolute Gasteiger partial charge is 0.461 e. The van der Waals surface area contributed by atoms with Gasteiger partial charge < -0.3 is 9.73 Å². The zero-order chi connectivity index (χ0) is 13.9. The van der Waals surface area contributed by atoms with Crippen molar-refractivity contribution in [3.05, 3.63) is 35.6 Å². The summed E-state index contributed by atoms with van der Waals surface area (Å²) in [5, 5.41) is 4.70. The van der Waals surface area contributed by atoms with Crippen molar-refractivity contribution in [1.29, 1.82) is 0 Å². The van der Waals surface area contributed by atoms with Crippen LogP contribution < -0.4 is 5.32 Å². The van der Waals surface area contributed by atoms with Gasteiger partial charge in [-0.15, -0.1) is 0 Å². The third-order valence-corrected chi connectivity index (χ3v) is 4.40. The summed E-state index contributed by atoms with van der Waals surface area (Å²) in [6, 6.07) is 9.05. The van der Waals surface area contributed by atoms with Crippen LogP contribution in [0, 0.1) is 0 Å². The predicted octanol–water partition coefficient (Wildman–Crippen LogP) is 3.18. The van der Waals surface area contributed by atoms with Crippen LogP contribution in [0.1, 0.15) is 31.1 Å².